The first-order valence-electron chi connectivity index (χ1n) is 10.5. The minimum Gasteiger partial charge on any atom is -0.488 e. The van der Waals surface area contributed by atoms with Gasteiger partial charge < -0.3 is 10.1 Å². The summed E-state index contributed by atoms with van der Waals surface area (Å²) in [7, 11) is 0. The Bertz CT molecular complexity index is 1450. The molecule has 1 aliphatic rings. The molecule has 1 heterocycles. The second-order valence-electron chi connectivity index (χ2n) is 7.72. The molecule has 0 bridgehead atoms. The Morgan fingerprint density at radius 1 is 0.941 bits per heavy atom. The van der Waals surface area contributed by atoms with Crippen molar-refractivity contribution in [3.05, 3.63) is 113 Å². The number of hydrogen-bond acceptors (Lipinski definition) is 3. The van der Waals surface area contributed by atoms with Crippen LogP contribution in [0.25, 0.3) is 16.8 Å². The molecule has 0 saturated carbocycles. The summed E-state index contributed by atoms with van der Waals surface area (Å²) in [4.78, 5) is 26.8. The average molecular weight is 473 g/mol. The van der Waals surface area contributed by atoms with Gasteiger partial charge >= 0.3 is 6.03 Å². The molecule has 0 radical (unpaired) electrons. The molecule has 0 atom stereocenters. The molecule has 168 valence electrons. The Labute approximate surface area is 200 Å². The van der Waals surface area contributed by atoms with Gasteiger partial charge in [-0.25, -0.2) is 14.1 Å². The van der Waals surface area contributed by atoms with Gasteiger partial charge in [-0.05, 0) is 58.8 Å². The van der Waals surface area contributed by atoms with E-state index in [-0.39, 0.29) is 18.1 Å². The second kappa shape index (κ2) is 9.00. The van der Waals surface area contributed by atoms with Crippen LogP contribution in [0, 0.1) is 5.82 Å². The van der Waals surface area contributed by atoms with Crippen LogP contribution in [0.5, 0.6) is 5.75 Å². The molecule has 1 N–H and O–H groups in total. The number of anilines is 1. The zero-order valence-electron chi connectivity index (χ0n) is 17.8. The largest absolute Gasteiger partial charge is 0.488 e. The number of benzene rings is 4. The molecule has 34 heavy (non-hydrogen) atoms. The first-order valence-corrected chi connectivity index (χ1v) is 10.9. The monoisotopic (exact) mass is 472 g/mol. The van der Waals surface area contributed by atoms with Gasteiger partial charge in [0.25, 0.3) is 5.91 Å². The molecule has 4 aromatic carbocycles. The standard InChI is InChI=1S/C27H18ClFN2O3/c28-19-5-3-6-21(14-19)31-26(32)24(30-27(31)33)15-23-22-7-2-1-4-18(22)10-13-25(23)34-16-17-8-11-20(29)12-9-17/h1-15H,16H2,(H,30,33)/b24-15+. The summed E-state index contributed by atoms with van der Waals surface area (Å²) in [5.41, 5.74) is 1.94. The number of amides is 3. The van der Waals surface area contributed by atoms with Crippen LogP contribution in [-0.2, 0) is 11.4 Å². The van der Waals surface area contributed by atoms with Crippen molar-refractivity contribution >= 4 is 46.1 Å². The van der Waals surface area contributed by atoms with E-state index in [0.717, 1.165) is 21.2 Å². The van der Waals surface area contributed by atoms with Gasteiger partial charge in [0, 0.05) is 10.6 Å². The third kappa shape index (κ3) is 4.23. The average Bonchev–Trinajstić information content (AvgIpc) is 3.12. The highest BCUT2D eigenvalue weighted by Gasteiger charge is 2.35. The Morgan fingerprint density at radius 2 is 1.74 bits per heavy atom. The van der Waals surface area contributed by atoms with Crippen LogP contribution >= 0.6 is 11.6 Å². The van der Waals surface area contributed by atoms with Crippen LogP contribution < -0.4 is 15.0 Å². The number of carbonyl (C=O) groups is 2. The molecule has 1 saturated heterocycles. The SMILES string of the molecule is O=C1N/C(=C/c2c(OCc3ccc(F)cc3)ccc3ccccc23)C(=O)N1c1cccc(Cl)c1. The summed E-state index contributed by atoms with van der Waals surface area (Å²) < 4.78 is 19.3. The highest BCUT2D eigenvalue weighted by Crippen LogP contribution is 2.32. The van der Waals surface area contributed by atoms with Crippen molar-refractivity contribution in [1.29, 1.82) is 0 Å². The van der Waals surface area contributed by atoms with Gasteiger partial charge in [0.2, 0.25) is 0 Å². The molecule has 5 rings (SSSR count). The van der Waals surface area contributed by atoms with Crippen LogP contribution in [0.3, 0.4) is 0 Å². The van der Waals surface area contributed by atoms with E-state index in [1.165, 1.54) is 12.1 Å². The Hall–Kier alpha value is -4.16. The lowest BCUT2D eigenvalue weighted by molar-refractivity contribution is -0.113. The van der Waals surface area contributed by atoms with Gasteiger partial charge in [-0.1, -0.05) is 60.1 Å². The number of hydrogen-bond donors (Lipinski definition) is 1. The molecule has 0 spiro atoms. The number of nitrogens with one attached hydrogen (secondary N) is 1. The number of imide groups is 1. The van der Waals surface area contributed by atoms with Crippen LogP contribution in [-0.4, -0.2) is 11.9 Å². The first-order chi connectivity index (χ1) is 16.5. The van der Waals surface area contributed by atoms with E-state index in [2.05, 4.69) is 5.32 Å². The topological polar surface area (TPSA) is 58.6 Å². The lowest BCUT2D eigenvalue weighted by atomic mass is 10.0. The normalized spacial score (nSPS) is 14.6. The van der Waals surface area contributed by atoms with Crippen molar-refractivity contribution < 1.29 is 18.7 Å². The minimum atomic E-state index is -0.562. The molecule has 7 heteroatoms. The van der Waals surface area contributed by atoms with Crippen LogP contribution in [0.4, 0.5) is 14.9 Å². The van der Waals surface area contributed by atoms with Crippen LogP contribution in [0.15, 0.2) is 90.6 Å². The van der Waals surface area contributed by atoms with Crippen molar-refractivity contribution in [2.75, 3.05) is 4.90 Å². The molecule has 0 aromatic heterocycles. The van der Waals surface area contributed by atoms with Crippen LogP contribution in [0.2, 0.25) is 5.02 Å². The number of rotatable bonds is 5. The second-order valence-corrected chi connectivity index (χ2v) is 8.16. The van der Waals surface area contributed by atoms with E-state index in [9.17, 15) is 14.0 Å². The molecule has 3 amide bonds. The van der Waals surface area contributed by atoms with E-state index in [1.807, 2.05) is 36.4 Å². The quantitative estimate of drug-likeness (QED) is 0.273. The maximum atomic E-state index is 13.2. The fraction of sp³-hybridized carbons (Fsp3) is 0.0370. The third-order valence-corrected chi connectivity index (χ3v) is 5.71. The predicted octanol–water partition coefficient (Wildman–Crippen LogP) is 6.31. The number of ether oxygens (including phenoxy) is 1. The Balaban J connectivity index is 1.53. The number of carbonyl (C=O) groups excluding carboxylic acids is 2. The zero-order valence-corrected chi connectivity index (χ0v) is 18.6. The number of fused-ring (bicyclic) bond motifs is 1. The lowest BCUT2D eigenvalue weighted by Crippen LogP contribution is -2.30. The number of halogens is 2. The molecule has 0 aliphatic carbocycles. The molecule has 0 unspecified atom stereocenters. The fourth-order valence-corrected chi connectivity index (χ4v) is 4.01. The smallest absolute Gasteiger partial charge is 0.333 e. The maximum Gasteiger partial charge on any atom is 0.333 e. The highest BCUT2D eigenvalue weighted by atomic mass is 35.5. The van der Waals surface area contributed by atoms with E-state index in [1.54, 1.807) is 42.5 Å². The van der Waals surface area contributed by atoms with Gasteiger partial charge in [0.05, 0.1) is 5.69 Å². The summed E-state index contributed by atoms with van der Waals surface area (Å²) in [6.07, 6.45) is 1.62. The van der Waals surface area contributed by atoms with Gasteiger partial charge in [-0.15, -0.1) is 0 Å². The van der Waals surface area contributed by atoms with E-state index < -0.39 is 11.9 Å². The summed E-state index contributed by atoms with van der Waals surface area (Å²) in [6, 6.07) is 23.4. The van der Waals surface area contributed by atoms with Gasteiger partial charge in [0.1, 0.15) is 23.9 Å². The van der Waals surface area contributed by atoms with Crippen molar-refractivity contribution in [3.63, 3.8) is 0 Å². The van der Waals surface area contributed by atoms with Crippen molar-refractivity contribution in [3.8, 4) is 5.75 Å². The number of nitrogens with zero attached hydrogens (tertiary/aromatic N) is 1. The molecule has 1 aliphatic heterocycles. The Morgan fingerprint density at radius 3 is 2.53 bits per heavy atom. The van der Waals surface area contributed by atoms with E-state index >= 15 is 0 Å². The van der Waals surface area contributed by atoms with Crippen LogP contribution in [0.1, 0.15) is 11.1 Å². The zero-order chi connectivity index (χ0) is 23.7. The van der Waals surface area contributed by atoms with Crippen molar-refractivity contribution in [1.82, 2.24) is 5.32 Å². The lowest BCUT2D eigenvalue weighted by Gasteiger charge is -2.13. The van der Waals surface area contributed by atoms with Gasteiger partial charge in [-0.3, -0.25) is 4.79 Å². The molecular formula is C27H18ClFN2O3. The molecular weight excluding hydrogens is 455 g/mol. The molecule has 5 nitrogen and oxygen atoms in total. The van der Waals surface area contributed by atoms with Crippen molar-refractivity contribution in [2.24, 2.45) is 0 Å². The summed E-state index contributed by atoms with van der Waals surface area (Å²) in [6.45, 7) is 0.212. The Kier molecular flexibility index (Phi) is 5.74. The highest BCUT2D eigenvalue weighted by molar-refractivity contribution is 6.32. The summed E-state index contributed by atoms with van der Waals surface area (Å²) >= 11 is 6.04. The number of urea groups is 1. The fourth-order valence-electron chi connectivity index (χ4n) is 3.82. The summed E-state index contributed by atoms with van der Waals surface area (Å²) in [5, 5.41) is 4.88. The van der Waals surface area contributed by atoms with E-state index in [4.69, 9.17) is 16.3 Å². The van der Waals surface area contributed by atoms with Gasteiger partial charge in [0.15, 0.2) is 0 Å². The van der Waals surface area contributed by atoms with Crippen molar-refractivity contribution in [2.45, 2.75) is 6.61 Å². The maximum absolute atomic E-state index is 13.2. The molecule has 4 aromatic rings. The predicted molar refractivity (Wildman–Crippen MR) is 130 cm³/mol. The third-order valence-electron chi connectivity index (χ3n) is 5.47. The van der Waals surface area contributed by atoms with E-state index in [0.29, 0.717) is 22.0 Å². The van der Waals surface area contributed by atoms with Gasteiger partial charge in [-0.2, -0.15) is 0 Å². The first kappa shape index (κ1) is 21.7. The minimum absolute atomic E-state index is 0.118. The summed E-state index contributed by atoms with van der Waals surface area (Å²) in [5.74, 6) is -0.289. The molecule has 1 fully saturated rings.